The number of nitrogens with one attached hydrogen (secondary N) is 1. The van der Waals surface area contributed by atoms with Crippen molar-refractivity contribution in [3.63, 3.8) is 0 Å². The molecule has 0 aliphatic heterocycles. The van der Waals surface area contributed by atoms with Crippen LogP contribution in [-0.4, -0.2) is 73.4 Å². The largest absolute Gasteiger partial charge is 0.472 e. The Kier molecular flexibility index (Phi) is 36.9. The van der Waals surface area contributed by atoms with Gasteiger partial charge in [0.25, 0.3) is 0 Å². The standard InChI is InChI=1S/C46H87N2O6P/c1-6-8-10-12-14-16-18-20-21-22-23-24-25-26-28-30-32-34-36-38-40-46(50)47-44(43-54-55(51,52)53-42-41-48(3,4)5)45(49)39-37-35-33-31-29-27-19-17-15-13-11-9-7-2/h15,17,23-24,29,31,37,39,44-45,49H,6-14,16,18-22,25-28,30,32-36,38,40-43H2,1-5H3,(H-,47,50,51,52)/p+1/b17-15+,24-23-,31-29+,39-37+. The predicted molar refractivity (Wildman–Crippen MR) is 235 cm³/mol. The Balaban J connectivity index is 4.42. The summed E-state index contributed by atoms with van der Waals surface area (Å²) in [7, 11) is 1.54. The summed E-state index contributed by atoms with van der Waals surface area (Å²) in [6, 6.07) is -0.870. The fraction of sp³-hybridized carbons (Fsp3) is 0.804. The first-order valence-electron chi connectivity index (χ1n) is 22.5. The SMILES string of the molecule is CCCCC/C=C/CC/C=C/CC/C=C/C(O)C(COP(=O)(O)OCC[N+](C)(C)C)NC(=O)CCCCCCCCC/C=C\CCCCCCCCCCC. The summed E-state index contributed by atoms with van der Waals surface area (Å²) in [4.78, 5) is 23.1. The number of hydrogen-bond acceptors (Lipinski definition) is 5. The lowest BCUT2D eigenvalue weighted by Gasteiger charge is -2.25. The molecule has 3 unspecified atom stereocenters. The van der Waals surface area contributed by atoms with Gasteiger partial charge in [0.05, 0.1) is 39.9 Å². The van der Waals surface area contributed by atoms with Gasteiger partial charge in [-0.15, -0.1) is 0 Å². The Morgan fingerprint density at radius 2 is 1.00 bits per heavy atom. The molecular formula is C46H88N2O6P+. The van der Waals surface area contributed by atoms with Crippen LogP contribution in [0.4, 0.5) is 0 Å². The highest BCUT2D eigenvalue weighted by Crippen LogP contribution is 2.43. The lowest BCUT2D eigenvalue weighted by Crippen LogP contribution is -2.45. The fourth-order valence-corrected chi connectivity index (χ4v) is 6.86. The third-order valence-corrected chi connectivity index (χ3v) is 10.7. The van der Waals surface area contributed by atoms with Gasteiger partial charge in [-0.3, -0.25) is 13.8 Å². The van der Waals surface area contributed by atoms with E-state index in [0.29, 0.717) is 17.4 Å². The van der Waals surface area contributed by atoms with Crippen LogP contribution in [0.25, 0.3) is 0 Å². The molecule has 9 heteroatoms. The number of carbonyl (C=O) groups excluding carboxylic acids is 1. The minimum absolute atomic E-state index is 0.0516. The van der Waals surface area contributed by atoms with Gasteiger partial charge < -0.3 is 19.8 Å². The molecule has 0 aromatic heterocycles. The van der Waals surface area contributed by atoms with E-state index in [9.17, 15) is 19.4 Å². The number of allylic oxidation sites excluding steroid dienone is 7. The number of phosphoric acid groups is 1. The maximum Gasteiger partial charge on any atom is 0.472 e. The van der Waals surface area contributed by atoms with E-state index < -0.39 is 20.0 Å². The number of nitrogens with zero attached hydrogens (tertiary/aromatic N) is 1. The van der Waals surface area contributed by atoms with E-state index in [0.717, 1.165) is 51.4 Å². The molecule has 0 heterocycles. The third-order valence-electron chi connectivity index (χ3n) is 9.75. The fourth-order valence-electron chi connectivity index (χ4n) is 6.12. The highest BCUT2D eigenvalue weighted by molar-refractivity contribution is 7.47. The van der Waals surface area contributed by atoms with E-state index in [4.69, 9.17) is 9.05 Å². The van der Waals surface area contributed by atoms with Gasteiger partial charge in [0.1, 0.15) is 13.2 Å². The van der Waals surface area contributed by atoms with E-state index in [2.05, 4.69) is 55.6 Å². The molecule has 0 aromatic carbocycles. The van der Waals surface area contributed by atoms with E-state index >= 15 is 0 Å². The van der Waals surface area contributed by atoms with E-state index in [1.54, 1.807) is 6.08 Å². The van der Waals surface area contributed by atoms with E-state index in [1.807, 2.05) is 27.2 Å². The first-order chi connectivity index (χ1) is 26.5. The zero-order valence-corrected chi connectivity index (χ0v) is 37.3. The van der Waals surface area contributed by atoms with Crippen LogP contribution in [-0.2, 0) is 18.4 Å². The first kappa shape index (κ1) is 53.5. The van der Waals surface area contributed by atoms with E-state index in [1.165, 1.54) is 116 Å². The molecule has 0 spiro atoms. The van der Waals surface area contributed by atoms with Gasteiger partial charge in [0, 0.05) is 6.42 Å². The van der Waals surface area contributed by atoms with Crippen LogP contribution in [0.2, 0.25) is 0 Å². The molecule has 0 radical (unpaired) electrons. The molecule has 0 saturated heterocycles. The van der Waals surface area contributed by atoms with Gasteiger partial charge in [0.15, 0.2) is 0 Å². The van der Waals surface area contributed by atoms with Crippen LogP contribution in [0.3, 0.4) is 0 Å². The minimum Gasteiger partial charge on any atom is -0.387 e. The second-order valence-electron chi connectivity index (χ2n) is 16.4. The quantitative estimate of drug-likeness (QED) is 0.0247. The maximum atomic E-state index is 12.9. The molecular weight excluding hydrogens is 707 g/mol. The molecule has 3 N–H and O–H groups in total. The van der Waals surface area contributed by atoms with Gasteiger partial charge in [-0.25, -0.2) is 4.57 Å². The average Bonchev–Trinajstić information content (AvgIpc) is 3.13. The van der Waals surface area contributed by atoms with E-state index in [-0.39, 0.29) is 19.1 Å². The Morgan fingerprint density at radius 3 is 1.49 bits per heavy atom. The summed E-state index contributed by atoms with van der Waals surface area (Å²) in [6.45, 7) is 4.74. The number of phosphoric ester groups is 1. The molecule has 55 heavy (non-hydrogen) atoms. The van der Waals surface area contributed by atoms with Crippen molar-refractivity contribution in [2.45, 2.75) is 199 Å². The third kappa shape index (κ3) is 40.5. The molecule has 1 amide bonds. The molecule has 0 rings (SSSR count). The number of hydrogen-bond donors (Lipinski definition) is 3. The van der Waals surface area contributed by atoms with Crippen molar-refractivity contribution in [1.82, 2.24) is 5.32 Å². The lowest BCUT2D eigenvalue weighted by molar-refractivity contribution is -0.870. The lowest BCUT2D eigenvalue weighted by atomic mass is 10.1. The molecule has 0 aliphatic rings. The second-order valence-corrected chi connectivity index (χ2v) is 17.9. The number of likely N-dealkylation sites (N-methyl/N-ethyl adjacent to an activating group) is 1. The van der Waals surface area contributed by atoms with Gasteiger partial charge in [-0.1, -0.05) is 159 Å². The summed E-state index contributed by atoms with van der Waals surface area (Å²) in [6.07, 6.45) is 47.6. The van der Waals surface area contributed by atoms with Crippen LogP contribution >= 0.6 is 7.82 Å². The van der Waals surface area contributed by atoms with Crippen molar-refractivity contribution in [2.75, 3.05) is 40.9 Å². The normalized spacial score (nSPS) is 14.8. The molecule has 0 aliphatic carbocycles. The van der Waals surface area contributed by atoms with Crippen molar-refractivity contribution in [1.29, 1.82) is 0 Å². The van der Waals surface area contributed by atoms with Gasteiger partial charge in [-0.2, -0.15) is 0 Å². The van der Waals surface area contributed by atoms with Crippen molar-refractivity contribution in [3.8, 4) is 0 Å². The van der Waals surface area contributed by atoms with Crippen LogP contribution in [0.15, 0.2) is 48.6 Å². The molecule has 0 bridgehead atoms. The molecule has 322 valence electrons. The Morgan fingerprint density at radius 1 is 0.600 bits per heavy atom. The molecule has 3 atom stereocenters. The van der Waals surface area contributed by atoms with Crippen molar-refractivity contribution in [2.24, 2.45) is 0 Å². The summed E-state index contributed by atoms with van der Waals surface area (Å²) in [5.41, 5.74) is 0. The maximum absolute atomic E-state index is 12.9. The number of aliphatic hydroxyl groups is 1. The molecule has 8 nitrogen and oxygen atoms in total. The predicted octanol–water partition coefficient (Wildman–Crippen LogP) is 12.5. The van der Waals surface area contributed by atoms with Crippen LogP contribution in [0.1, 0.15) is 187 Å². The Bertz CT molecular complexity index is 1040. The number of amides is 1. The number of carbonyl (C=O) groups is 1. The van der Waals surface area contributed by atoms with Crippen LogP contribution in [0.5, 0.6) is 0 Å². The summed E-state index contributed by atoms with van der Waals surface area (Å²) < 4.78 is 23.5. The van der Waals surface area contributed by atoms with Gasteiger partial charge in [-0.05, 0) is 70.6 Å². The zero-order valence-electron chi connectivity index (χ0n) is 36.4. The van der Waals surface area contributed by atoms with Crippen molar-refractivity contribution >= 4 is 13.7 Å². The monoisotopic (exact) mass is 796 g/mol. The topological polar surface area (TPSA) is 105 Å². The summed E-state index contributed by atoms with van der Waals surface area (Å²) >= 11 is 0. The molecule has 0 fully saturated rings. The van der Waals surface area contributed by atoms with Crippen LogP contribution < -0.4 is 5.32 Å². The Labute approximate surface area is 339 Å². The van der Waals surface area contributed by atoms with Gasteiger partial charge in [0.2, 0.25) is 5.91 Å². The Hall–Kier alpha value is -1.54. The molecule has 0 aromatic rings. The molecule has 0 saturated carbocycles. The summed E-state index contributed by atoms with van der Waals surface area (Å²) in [5, 5.41) is 13.8. The first-order valence-corrected chi connectivity index (χ1v) is 24.0. The number of unbranched alkanes of at least 4 members (excludes halogenated alkanes) is 21. The number of aliphatic hydroxyl groups excluding tert-OH is 1. The van der Waals surface area contributed by atoms with Gasteiger partial charge >= 0.3 is 7.82 Å². The second kappa shape index (κ2) is 38.0. The van der Waals surface area contributed by atoms with Crippen molar-refractivity contribution in [3.05, 3.63) is 48.6 Å². The minimum atomic E-state index is -4.35. The number of quaternary nitrogens is 1. The van der Waals surface area contributed by atoms with Crippen molar-refractivity contribution < 1.29 is 32.9 Å². The summed E-state index contributed by atoms with van der Waals surface area (Å²) in [5.74, 6) is -0.198. The smallest absolute Gasteiger partial charge is 0.387 e. The highest BCUT2D eigenvalue weighted by atomic mass is 31.2. The number of rotatable bonds is 40. The zero-order chi connectivity index (χ0) is 40.7. The average molecular weight is 796 g/mol. The van der Waals surface area contributed by atoms with Crippen LogP contribution in [0, 0.1) is 0 Å². The highest BCUT2D eigenvalue weighted by Gasteiger charge is 2.27.